The van der Waals surface area contributed by atoms with Crippen LogP contribution < -0.4 is 0 Å². The second-order valence-corrected chi connectivity index (χ2v) is 7.25. The highest BCUT2D eigenvalue weighted by atomic mass is 16.2. The van der Waals surface area contributed by atoms with Crippen LogP contribution in [0.3, 0.4) is 0 Å². The van der Waals surface area contributed by atoms with Crippen molar-refractivity contribution in [2.75, 3.05) is 13.1 Å². The predicted molar refractivity (Wildman–Crippen MR) is 78.5 cm³/mol. The maximum atomic E-state index is 13.0. The van der Waals surface area contributed by atoms with Gasteiger partial charge >= 0.3 is 0 Å². The van der Waals surface area contributed by atoms with Gasteiger partial charge in [-0.15, -0.1) is 10.2 Å². The fourth-order valence-electron chi connectivity index (χ4n) is 3.84. The lowest BCUT2D eigenvalue weighted by molar-refractivity contribution is -0.141. The summed E-state index contributed by atoms with van der Waals surface area (Å²) >= 11 is 0. The number of hydrogen-bond donors (Lipinski definition) is 1. The van der Waals surface area contributed by atoms with Gasteiger partial charge in [0.05, 0.1) is 5.41 Å². The van der Waals surface area contributed by atoms with E-state index in [1.807, 2.05) is 4.90 Å². The first-order valence-corrected chi connectivity index (χ1v) is 8.07. The summed E-state index contributed by atoms with van der Waals surface area (Å²) in [4.78, 5) is 15.0. The quantitative estimate of drug-likeness (QED) is 0.846. The summed E-state index contributed by atoms with van der Waals surface area (Å²) < 4.78 is 0. The molecule has 1 aromatic rings. The molecule has 21 heavy (non-hydrogen) atoms. The minimum atomic E-state index is -0.168. The highest BCUT2D eigenvalue weighted by molar-refractivity contribution is 5.82. The molecule has 2 fully saturated rings. The summed E-state index contributed by atoms with van der Waals surface area (Å²) in [5, 5.41) is 14.4. The lowest BCUT2D eigenvalue weighted by Crippen LogP contribution is -2.42. The molecule has 0 bridgehead atoms. The Bertz CT molecular complexity index is 492. The number of nitrogens with one attached hydrogen (secondary N) is 1. The van der Waals surface area contributed by atoms with Crippen LogP contribution in [-0.4, -0.2) is 44.5 Å². The van der Waals surface area contributed by atoms with Gasteiger partial charge in [0.2, 0.25) is 5.91 Å². The van der Waals surface area contributed by atoms with Crippen LogP contribution in [-0.2, 0) is 10.2 Å². The van der Waals surface area contributed by atoms with Crippen molar-refractivity contribution in [2.24, 2.45) is 5.41 Å². The molecule has 1 N–H and O–H groups in total. The van der Waals surface area contributed by atoms with Gasteiger partial charge in [-0.05, 0) is 19.3 Å². The van der Waals surface area contributed by atoms with Crippen LogP contribution in [0.2, 0.25) is 0 Å². The number of amides is 1. The topological polar surface area (TPSA) is 74.8 Å². The second-order valence-electron chi connectivity index (χ2n) is 7.25. The van der Waals surface area contributed by atoms with Gasteiger partial charge in [-0.2, -0.15) is 5.21 Å². The van der Waals surface area contributed by atoms with Crippen LogP contribution in [0.1, 0.15) is 64.6 Å². The summed E-state index contributed by atoms with van der Waals surface area (Å²) in [6.07, 6.45) is 7.86. The largest absolute Gasteiger partial charge is 0.341 e. The highest BCUT2D eigenvalue weighted by Gasteiger charge is 2.45. The number of aromatic nitrogens is 4. The molecule has 0 spiro atoms. The van der Waals surface area contributed by atoms with E-state index in [-0.39, 0.29) is 10.8 Å². The second kappa shape index (κ2) is 5.39. The number of aromatic amines is 1. The molecule has 3 rings (SSSR count). The van der Waals surface area contributed by atoms with E-state index in [4.69, 9.17) is 0 Å². The highest BCUT2D eigenvalue weighted by Crippen LogP contribution is 2.39. The molecule has 1 aliphatic carbocycles. The normalized spacial score (nSPS) is 29.3. The maximum Gasteiger partial charge on any atom is 0.228 e. The molecular formula is C15H25N5O. The smallest absolute Gasteiger partial charge is 0.228 e. The molecule has 0 aromatic carbocycles. The Hall–Kier alpha value is -1.46. The zero-order chi connectivity index (χ0) is 14.9. The van der Waals surface area contributed by atoms with Crippen molar-refractivity contribution in [3.05, 3.63) is 5.82 Å². The van der Waals surface area contributed by atoms with E-state index in [9.17, 15) is 4.79 Å². The molecule has 6 nitrogen and oxygen atoms in total. The monoisotopic (exact) mass is 291 g/mol. The van der Waals surface area contributed by atoms with E-state index in [1.54, 1.807) is 0 Å². The fourth-order valence-corrected chi connectivity index (χ4v) is 3.84. The molecule has 1 saturated carbocycles. The van der Waals surface area contributed by atoms with Crippen molar-refractivity contribution in [1.82, 2.24) is 25.5 Å². The van der Waals surface area contributed by atoms with Gasteiger partial charge in [0.1, 0.15) is 0 Å². The van der Waals surface area contributed by atoms with Crippen molar-refractivity contribution in [2.45, 2.75) is 64.2 Å². The van der Waals surface area contributed by atoms with Gasteiger partial charge in [0.25, 0.3) is 0 Å². The Morgan fingerprint density at radius 3 is 2.48 bits per heavy atom. The number of rotatable bonds is 2. The van der Waals surface area contributed by atoms with Gasteiger partial charge in [0, 0.05) is 18.5 Å². The summed E-state index contributed by atoms with van der Waals surface area (Å²) in [5.74, 6) is 1.06. The number of tetrazole rings is 1. The van der Waals surface area contributed by atoms with E-state index >= 15 is 0 Å². The third-order valence-corrected chi connectivity index (χ3v) is 5.37. The van der Waals surface area contributed by atoms with E-state index < -0.39 is 0 Å². The molecule has 0 radical (unpaired) electrons. The predicted octanol–water partition coefficient (Wildman–Crippen LogP) is 2.05. The lowest BCUT2D eigenvalue weighted by atomic mass is 9.81. The molecule has 6 heteroatoms. The lowest BCUT2D eigenvalue weighted by Gasteiger charge is -2.32. The number of carbonyl (C=O) groups excluding carboxylic acids is 1. The molecule has 1 unspecified atom stereocenters. The first kappa shape index (κ1) is 14.5. The number of likely N-dealkylation sites (tertiary alicyclic amines) is 1. The van der Waals surface area contributed by atoms with Gasteiger partial charge in [-0.3, -0.25) is 4.79 Å². The average molecular weight is 291 g/mol. The Kier molecular flexibility index (Phi) is 3.71. The Morgan fingerprint density at radius 1 is 1.14 bits per heavy atom. The van der Waals surface area contributed by atoms with Gasteiger partial charge in [-0.25, -0.2) is 0 Å². The van der Waals surface area contributed by atoms with Crippen molar-refractivity contribution < 1.29 is 4.79 Å². The number of nitrogens with zero attached hydrogens (tertiary/aromatic N) is 4. The van der Waals surface area contributed by atoms with Crippen LogP contribution in [0, 0.1) is 5.41 Å². The number of hydrogen-bond acceptors (Lipinski definition) is 4. The van der Waals surface area contributed by atoms with E-state index in [0.29, 0.717) is 12.5 Å². The first-order valence-electron chi connectivity index (χ1n) is 8.07. The zero-order valence-corrected chi connectivity index (χ0v) is 13.1. The fraction of sp³-hybridized carbons (Fsp3) is 0.867. The molecule has 2 heterocycles. The maximum absolute atomic E-state index is 13.0. The van der Waals surface area contributed by atoms with Crippen molar-refractivity contribution >= 4 is 5.91 Å². The van der Waals surface area contributed by atoms with Crippen molar-refractivity contribution in [1.29, 1.82) is 0 Å². The molecule has 116 valence electrons. The number of carbonyl (C=O) groups is 1. The van der Waals surface area contributed by atoms with Crippen LogP contribution >= 0.6 is 0 Å². The standard InChI is InChI=1S/C15H25N5O/c1-14(7-5-3-4-6-8-14)13(21)20-10-9-15(2,11-20)12-16-18-19-17-12/h3-11H2,1-2H3,(H,16,17,18,19). The van der Waals surface area contributed by atoms with Gasteiger partial charge < -0.3 is 4.90 Å². The summed E-state index contributed by atoms with van der Waals surface area (Å²) in [6, 6.07) is 0. The molecule has 1 amide bonds. The van der Waals surface area contributed by atoms with Crippen LogP contribution in [0.5, 0.6) is 0 Å². The average Bonchev–Trinajstić information content (AvgIpc) is 3.08. The number of H-pyrrole nitrogens is 1. The first-order chi connectivity index (χ1) is 10.0. The summed E-state index contributed by atoms with van der Waals surface area (Å²) in [5.41, 5.74) is -0.331. The SMILES string of the molecule is CC1(C(=O)N2CCC(C)(c3nn[nH]n3)C2)CCCCCC1. The van der Waals surface area contributed by atoms with Gasteiger partial charge in [-0.1, -0.05) is 44.7 Å². The van der Waals surface area contributed by atoms with E-state index in [1.165, 1.54) is 25.7 Å². The molecule has 1 aromatic heterocycles. The molecule has 1 saturated heterocycles. The van der Waals surface area contributed by atoms with E-state index in [0.717, 1.165) is 31.6 Å². The third-order valence-electron chi connectivity index (χ3n) is 5.37. The van der Waals surface area contributed by atoms with E-state index in [2.05, 4.69) is 34.5 Å². The minimum absolute atomic E-state index is 0.163. The van der Waals surface area contributed by atoms with Crippen LogP contribution in [0.25, 0.3) is 0 Å². The molecule has 1 atom stereocenters. The Balaban J connectivity index is 1.72. The summed E-state index contributed by atoms with van der Waals surface area (Å²) in [6.45, 7) is 5.80. The Labute approximate surface area is 125 Å². The van der Waals surface area contributed by atoms with Gasteiger partial charge in [0.15, 0.2) is 5.82 Å². The zero-order valence-electron chi connectivity index (χ0n) is 13.1. The molecule has 1 aliphatic heterocycles. The Morgan fingerprint density at radius 2 is 1.86 bits per heavy atom. The van der Waals surface area contributed by atoms with Crippen molar-refractivity contribution in [3.8, 4) is 0 Å². The van der Waals surface area contributed by atoms with Crippen molar-refractivity contribution in [3.63, 3.8) is 0 Å². The molecular weight excluding hydrogens is 266 g/mol. The third kappa shape index (κ3) is 2.68. The van der Waals surface area contributed by atoms with Crippen LogP contribution in [0.4, 0.5) is 0 Å². The minimum Gasteiger partial charge on any atom is -0.341 e. The summed E-state index contributed by atoms with van der Waals surface area (Å²) in [7, 11) is 0. The van der Waals surface area contributed by atoms with Crippen LogP contribution in [0.15, 0.2) is 0 Å². The molecule has 2 aliphatic rings.